The molecule has 0 bridgehead atoms. The van der Waals surface area contributed by atoms with Crippen molar-refractivity contribution in [3.63, 3.8) is 0 Å². The molecule has 3 rings (SSSR count). The maximum atomic E-state index is 5.42. The van der Waals surface area contributed by atoms with Gasteiger partial charge in [-0.2, -0.15) is 5.10 Å². The fourth-order valence-electron chi connectivity index (χ4n) is 2.48. The Kier molecular flexibility index (Phi) is 4.02. The molecule has 0 unspecified atom stereocenters. The fraction of sp³-hybridized carbons (Fsp3) is 0.222. The zero-order chi connectivity index (χ0) is 16.4. The molecular formula is C18H19N3O2. The predicted octanol–water partition coefficient (Wildman–Crippen LogP) is 3.55. The molecule has 0 aliphatic carbocycles. The molecule has 5 heteroatoms. The van der Waals surface area contributed by atoms with Crippen molar-refractivity contribution in [3.05, 3.63) is 53.3 Å². The molecule has 0 amide bonds. The average molecular weight is 309 g/mol. The smallest absolute Gasteiger partial charge is 0.169 e. The van der Waals surface area contributed by atoms with Gasteiger partial charge >= 0.3 is 0 Å². The summed E-state index contributed by atoms with van der Waals surface area (Å²) in [5.74, 6) is 1.34. The highest BCUT2D eigenvalue weighted by atomic mass is 16.5. The number of aryl methyl sites for hydroxylation is 2. The fourth-order valence-corrected chi connectivity index (χ4v) is 2.48. The number of hydrogen-bond donors (Lipinski definition) is 0. The molecule has 0 saturated heterocycles. The summed E-state index contributed by atoms with van der Waals surface area (Å²) in [6.45, 7) is 4.17. The summed E-state index contributed by atoms with van der Waals surface area (Å²) in [6.07, 6.45) is 3.46. The monoisotopic (exact) mass is 309 g/mol. The van der Waals surface area contributed by atoms with Crippen LogP contribution < -0.4 is 9.47 Å². The van der Waals surface area contributed by atoms with Crippen LogP contribution in [0, 0.1) is 13.8 Å². The summed E-state index contributed by atoms with van der Waals surface area (Å²) in [5.41, 5.74) is 5.20. The van der Waals surface area contributed by atoms with Crippen molar-refractivity contribution in [3.8, 4) is 11.5 Å². The molecule has 3 aromatic rings. The Balaban J connectivity index is 2.02. The van der Waals surface area contributed by atoms with Crippen molar-refractivity contribution in [1.29, 1.82) is 0 Å². The van der Waals surface area contributed by atoms with E-state index in [2.05, 4.69) is 36.1 Å². The number of aromatic nitrogens is 2. The highest BCUT2D eigenvalue weighted by Gasteiger charge is 2.08. The van der Waals surface area contributed by atoms with E-state index in [0.29, 0.717) is 11.5 Å². The molecule has 0 radical (unpaired) electrons. The summed E-state index contributed by atoms with van der Waals surface area (Å²) in [4.78, 5) is 4.40. The van der Waals surface area contributed by atoms with Crippen LogP contribution in [0.25, 0.3) is 11.0 Å². The van der Waals surface area contributed by atoms with Gasteiger partial charge in [0.05, 0.1) is 31.5 Å². The van der Waals surface area contributed by atoms with E-state index in [1.807, 2.05) is 18.2 Å². The summed E-state index contributed by atoms with van der Waals surface area (Å²) in [7, 11) is 3.24. The number of benzene rings is 2. The van der Waals surface area contributed by atoms with E-state index in [-0.39, 0.29) is 0 Å². The molecule has 0 spiro atoms. The maximum Gasteiger partial charge on any atom is 0.169 e. The summed E-state index contributed by atoms with van der Waals surface area (Å²) < 4.78 is 12.5. The molecule has 1 heterocycles. The largest absolute Gasteiger partial charge is 0.493 e. The lowest BCUT2D eigenvalue weighted by atomic mass is 10.1. The first kappa shape index (κ1) is 15.1. The Bertz CT molecular complexity index is 881. The van der Waals surface area contributed by atoms with Crippen LogP contribution in [0.1, 0.15) is 16.7 Å². The van der Waals surface area contributed by atoms with Gasteiger partial charge in [-0.1, -0.05) is 6.07 Å². The van der Waals surface area contributed by atoms with E-state index >= 15 is 0 Å². The van der Waals surface area contributed by atoms with Crippen LogP contribution in [0.3, 0.4) is 0 Å². The average Bonchev–Trinajstić information content (AvgIpc) is 2.94. The van der Waals surface area contributed by atoms with E-state index in [1.165, 1.54) is 11.1 Å². The Labute approximate surface area is 135 Å². The maximum absolute atomic E-state index is 5.42. The van der Waals surface area contributed by atoms with Crippen LogP contribution in [0.15, 0.2) is 41.8 Å². The van der Waals surface area contributed by atoms with Crippen LogP contribution in [0.5, 0.6) is 11.5 Å². The highest BCUT2D eigenvalue weighted by Crippen LogP contribution is 2.29. The molecule has 0 fully saturated rings. The molecular weight excluding hydrogens is 290 g/mol. The molecule has 0 N–H and O–H groups in total. The lowest BCUT2D eigenvalue weighted by Gasteiger charge is -2.09. The number of nitrogens with zero attached hydrogens (tertiary/aromatic N) is 3. The van der Waals surface area contributed by atoms with Gasteiger partial charge < -0.3 is 9.47 Å². The molecule has 0 aliphatic heterocycles. The SMILES string of the molecule is COc1cccc(/C=N/n2cnc3cc(C)c(C)cc32)c1OC. The third-order valence-electron chi connectivity index (χ3n) is 3.90. The Hall–Kier alpha value is -2.82. The van der Waals surface area contributed by atoms with Crippen LogP contribution in [-0.2, 0) is 0 Å². The van der Waals surface area contributed by atoms with Gasteiger partial charge in [-0.3, -0.25) is 0 Å². The minimum Gasteiger partial charge on any atom is -0.493 e. The van der Waals surface area contributed by atoms with Crippen molar-refractivity contribution in [2.75, 3.05) is 14.2 Å². The minimum atomic E-state index is 0.662. The number of para-hydroxylation sites is 1. The summed E-state index contributed by atoms with van der Waals surface area (Å²) in [6, 6.07) is 9.86. The van der Waals surface area contributed by atoms with Crippen molar-refractivity contribution in [2.24, 2.45) is 5.10 Å². The number of ether oxygens (including phenoxy) is 2. The van der Waals surface area contributed by atoms with Crippen LogP contribution >= 0.6 is 0 Å². The normalized spacial score (nSPS) is 11.3. The van der Waals surface area contributed by atoms with Gasteiger partial charge in [0, 0.05) is 5.56 Å². The minimum absolute atomic E-state index is 0.662. The van der Waals surface area contributed by atoms with Gasteiger partial charge in [0.25, 0.3) is 0 Å². The van der Waals surface area contributed by atoms with E-state index in [4.69, 9.17) is 9.47 Å². The molecule has 0 atom stereocenters. The van der Waals surface area contributed by atoms with Crippen LogP contribution in [-0.4, -0.2) is 30.1 Å². The molecule has 0 aliphatic rings. The standard InChI is InChI=1S/C18H19N3O2/c1-12-8-15-16(9-13(12)2)21(11-19-15)20-10-14-6-5-7-17(22-3)18(14)23-4/h5-11H,1-4H3/b20-10+. The molecule has 118 valence electrons. The Morgan fingerprint density at radius 3 is 2.61 bits per heavy atom. The summed E-state index contributed by atoms with van der Waals surface area (Å²) in [5, 5.41) is 4.51. The third kappa shape index (κ3) is 2.77. The van der Waals surface area contributed by atoms with E-state index in [1.54, 1.807) is 31.4 Å². The van der Waals surface area contributed by atoms with Gasteiger partial charge in [-0.15, -0.1) is 0 Å². The highest BCUT2D eigenvalue weighted by molar-refractivity contribution is 5.86. The number of rotatable bonds is 4. The molecule has 23 heavy (non-hydrogen) atoms. The third-order valence-corrected chi connectivity index (χ3v) is 3.90. The molecule has 0 saturated carbocycles. The lowest BCUT2D eigenvalue weighted by Crippen LogP contribution is -1.96. The first-order valence-electron chi connectivity index (χ1n) is 7.33. The quantitative estimate of drug-likeness (QED) is 0.692. The number of fused-ring (bicyclic) bond motifs is 1. The zero-order valence-electron chi connectivity index (χ0n) is 13.7. The Morgan fingerprint density at radius 2 is 1.87 bits per heavy atom. The van der Waals surface area contributed by atoms with Gasteiger partial charge in [-0.25, -0.2) is 9.66 Å². The second-order valence-corrected chi connectivity index (χ2v) is 5.34. The van der Waals surface area contributed by atoms with Crippen molar-refractivity contribution >= 4 is 17.2 Å². The van der Waals surface area contributed by atoms with E-state index < -0.39 is 0 Å². The van der Waals surface area contributed by atoms with Gasteiger partial charge in [0.2, 0.25) is 0 Å². The second kappa shape index (κ2) is 6.12. The zero-order valence-corrected chi connectivity index (χ0v) is 13.7. The van der Waals surface area contributed by atoms with Gasteiger partial charge in [-0.05, 0) is 49.2 Å². The van der Waals surface area contributed by atoms with Gasteiger partial charge in [0.1, 0.15) is 6.33 Å². The van der Waals surface area contributed by atoms with Crippen molar-refractivity contribution in [1.82, 2.24) is 9.66 Å². The predicted molar refractivity (Wildman–Crippen MR) is 91.7 cm³/mol. The first-order chi connectivity index (χ1) is 11.1. The number of hydrogen-bond acceptors (Lipinski definition) is 4. The molecule has 5 nitrogen and oxygen atoms in total. The lowest BCUT2D eigenvalue weighted by molar-refractivity contribution is 0.354. The molecule has 2 aromatic carbocycles. The van der Waals surface area contributed by atoms with Crippen LogP contribution in [0.4, 0.5) is 0 Å². The number of imidazole rings is 1. The Morgan fingerprint density at radius 1 is 1.09 bits per heavy atom. The van der Waals surface area contributed by atoms with E-state index in [0.717, 1.165) is 16.6 Å². The van der Waals surface area contributed by atoms with E-state index in [9.17, 15) is 0 Å². The van der Waals surface area contributed by atoms with Crippen LogP contribution in [0.2, 0.25) is 0 Å². The van der Waals surface area contributed by atoms with Crippen molar-refractivity contribution < 1.29 is 9.47 Å². The topological polar surface area (TPSA) is 48.6 Å². The first-order valence-corrected chi connectivity index (χ1v) is 7.33. The number of methoxy groups -OCH3 is 2. The second-order valence-electron chi connectivity index (χ2n) is 5.34. The summed E-state index contributed by atoms with van der Waals surface area (Å²) >= 11 is 0. The molecule has 1 aromatic heterocycles. The van der Waals surface area contributed by atoms with Gasteiger partial charge in [0.15, 0.2) is 11.5 Å². The van der Waals surface area contributed by atoms with Crippen molar-refractivity contribution in [2.45, 2.75) is 13.8 Å².